The van der Waals surface area contributed by atoms with Gasteiger partial charge in [0, 0.05) is 37.8 Å². The summed E-state index contributed by atoms with van der Waals surface area (Å²) in [5, 5.41) is 13.9. The molecule has 1 aliphatic heterocycles. The van der Waals surface area contributed by atoms with Gasteiger partial charge in [0.1, 0.15) is 0 Å². The molecule has 1 saturated heterocycles. The number of piperazine rings is 1. The summed E-state index contributed by atoms with van der Waals surface area (Å²) >= 11 is 0. The van der Waals surface area contributed by atoms with Crippen LogP contribution in [0.1, 0.15) is 30.9 Å². The van der Waals surface area contributed by atoms with Gasteiger partial charge in [-0.05, 0) is 18.4 Å². The highest BCUT2D eigenvalue weighted by Crippen LogP contribution is 2.44. The second-order valence-corrected chi connectivity index (χ2v) is 5.88. The van der Waals surface area contributed by atoms with E-state index in [-0.39, 0.29) is 0 Å². The van der Waals surface area contributed by atoms with E-state index in [0.717, 1.165) is 44.1 Å². The van der Waals surface area contributed by atoms with Crippen LogP contribution in [0, 0.1) is 5.92 Å². The first kappa shape index (κ1) is 13.7. The number of hydrogen-bond donors (Lipinski definition) is 2. The van der Waals surface area contributed by atoms with Crippen LogP contribution in [-0.2, 0) is 0 Å². The fourth-order valence-corrected chi connectivity index (χ4v) is 3.11. The van der Waals surface area contributed by atoms with Crippen molar-refractivity contribution in [2.45, 2.75) is 25.3 Å². The summed E-state index contributed by atoms with van der Waals surface area (Å²) < 4.78 is 5.26. The van der Waals surface area contributed by atoms with Crippen molar-refractivity contribution < 1.29 is 9.84 Å². The van der Waals surface area contributed by atoms with Gasteiger partial charge in [0.15, 0.2) is 11.5 Å². The Bertz CT molecular complexity index is 454. The van der Waals surface area contributed by atoms with Crippen LogP contribution in [0.5, 0.6) is 11.5 Å². The van der Waals surface area contributed by atoms with Crippen molar-refractivity contribution >= 4 is 0 Å². The zero-order chi connectivity index (χ0) is 13.9. The van der Waals surface area contributed by atoms with E-state index in [0.29, 0.717) is 17.5 Å². The number of nitrogens with zero attached hydrogens (tertiary/aromatic N) is 1. The van der Waals surface area contributed by atoms with Crippen LogP contribution in [0.25, 0.3) is 0 Å². The average molecular weight is 276 g/mol. The van der Waals surface area contributed by atoms with Gasteiger partial charge in [-0.3, -0.25) is 4.90 Å². The molecular weight excluding hydrogens is 252 g/mol. The minimum absolute atomic E-state index is 0.319. The smallest absolute Gasteiger partial charge is 0.162 e. The topological polar surface area (TPSA) is 44.7 Å². The molecule has 0 amide bonds. The number of para-hydroxylation sites is 1. The molecule has 1 saturated carbocycles. The fourth-order valence-electron chi connectivity index (χ4n) is 3.11. The van der Waals surface area contributed by atoms with E-state index in [1.807, 2.05) is 18.2 Å². The molecule has 2 aliphatic rings. The van der Waals surface area contributed by atoms with Crippen molar-refractivity contribution in [1.82, 2.24) is 10.2 Å². The lowest BCUT2D eigenvalue weighted by molar-refractivity contribution is 0.157. The van der Waals surface area contributed by atoms with Crippen LogP contribution in [0.15, 0.2) is 18.2 Å². The maximum Gasteiger partial charge on any atom is 0.162 e. The molecule has 2 fully saturated rings. The maximum absolute atomic E-state index is 10.5. The van der Waals surface area contributed by atoms with Crippen molar-refractivity contribution in [3.05, 3.63) is 23.8 Å². The molecule has 4 heteroatoms. The lowest BCUT2D eigenvalue weighted by atomic mass is 9.97. The molecule has 0 unspecified atom stereocenters. The van der Waals surface area contributed by atoms with E-state index >= 15 is 0 Å². The number of aromatic hydroxyl groups is 1. The van der Waals surface area contributed by atoms with Crippen LogP contribution in [0.4, 0.5) is 0 Å². The molecule has 1 aromatic carbocycles. The first-order chi connectivity index (χ1) is 9.79. The van der Waals surface area contributed by atoms with Gasteiger partial charge in [-0.25, -0.2) is 0 Å². The van der Waals surface area contributed by atoms with Gasteiger partial charge in [-0.15, -0.1) is 0 Å². The summed E-state index contributed by atoms with van der Waals surface area (Å²) in [6.07, 6.45) is 3.83. The highest BCUT2D eigenvalue weighted by Gasteiger charge is 2.32. The molecule has 110 valence electrons. The highest BCUT2D eigenvalue weighted by atomic mass is 16.5. The van der Waals surface area contributed by atoms with Crippen molar-refractivity contribution in [3.63, 3.8) is 0 Å². The fraction of sp³-hybridized carbons (Fsp3) is 0.625. The molecule has 3 rings (SSSR count). The average Bonchev–Trinajstić information content (AvgIpc) is 3.30. The standard InChI is InChI=1S/C16H24N2O2/c1-20-15-4-2-3-13(16(15)19)14(11-12-5-6-12)18-9-7-17-8-10-18/h2-4,12,14,17,19H,5-11H2,1H3/t14-/m1/s1. The number of ether oxygens (including phenoxy) is 1. The second kappa shape index (κ2) is 6.02. The van der Waals surface area contributed by atoms with Crippen LogP contribution < -0.4 is 10.1 Å². The minimum Gasteiger partial charge on any atom is -0.504 e. The SMILES string of the molecule is COc1cccc([C@@H](CC2CC2)N2CCNCC2)c1O. The number of phenols is 1. The van der Waals surface area contributed by atoms with Gasteiger partial charge in [-0.1, -0.05) is 25.0 Å². The lowest BCUT2D eigenvalue weighted by Crippen LogP contribution is -2.45. The summed E-state index contributed by atoms with van der Waals surface area (Å²) in [7, 11) is 1.61. The summed E-state index contributed by atoms with van der Waals surface area (Å²) in [5.41, 5.74) is 1.03. The third kappa shape index (κ3) is 2.91. The Hall–Kier alpha value is -1.26. The summed E-state index contributed by atoms with van der Waals surface area (Å²) in [5.74, 6) is 1.73. The number of rotatable bonds is 5. The van der Waals surface area contributed by atoms with E-state index in [1.165, 1.54) is 12.8 Å². The molecule has 0 radical (unpaired) electrons. The van der Waals surface area contributed by atoms with Gasteiger partial charge < -0.3 is 15.2 Å². The third-order valence-corrected chi connectivity index (χ3v) is 4.46. The van der Waals surface area contributed by atoms with E-state index in [9.17, 15) is 5.11 Å². The Kier molecular flexibility index (Phi) is 4.13. The normalized spacial score (nSPS) is 21.6. The van der Waals surface area contributed by atoms with Gasteiger partial charge in [0.25, 0.3) is 0 Å². The Labute approximate surface area is 120 Å². The van der Waals surface area contributed by atoms with Crippen molar-refractivity contribution in [3.8, 4) is 11.5 Å². The van der Waals surface area contributed by atoms with Gasteiger partial charge in [-0.2, -0.15) is 0 Å². The van der Waals surface area contributed by atoms with Crippen LogP contribution in [-0.4, -0.2) is 43.3 Å². The third-order valence-electron chi connectivity index (χ3n) is 4.46. The minimum atomic E-state index is 0.319. The summed E-state index contributed by atoms with van der Waals surface area (Å²) in [6.45, 7) is 4.17. The maximum atomic E-state index is 10.5. The molecule has 1 heterocycles. The van der Waals surface area contributed by atoms with Gasteiger partial charge in [0.2, 0.25) is 0 Å². The Balaban J connectivity index is 1.87. The first-order valence-electron chi connectivity index (χ1n) is 7.60. The second-order valence-electron chi connectivity index (χ2n) is 5.88. The predicted octanol–water partition coefficient (Wildman–Crippen LogP) is 2.15. The molecular formula is C16H24N2O2. The van der Waals surface area contributed by atoms with Gasteiger partial charge >= 0.3 is 0 Å². The lowest BCUT2D eigenvalue weighted by Gasteiger charge is -2.35. The summed E-state index contributed by atoms with van der Waals surface area (Å²) in [6, 6.07) is 6.17. The number of benzene rings is 1. The zero-order valence-electron chi connectivity index (χ0n) is 12.1. The van der Waals surface area contributed by atoms with Crippen molar-refractivity contribution in [2.75, 3.05) is 33.3 Å². The van der Waals surface area contributed by atoms with Crippen molar-refractivity contribution in [2.24, 2.45) is 5.92 Å². The molecule has 4 nitrogen and oxygen atoms in total. The number of nitrogens with one attached hydrogen (secondary N) is 1. The van der Waals surface area contributed by atoms with Crippen LogP contribution in [0.3, 0.4) is 0 Å². The monoisotopic (exact) mass is 276 g/mol. The molecule has 0 aromatic heterocycles. The Morgan fingerprint density at radius 1 is 1.35 bits per heavy atom. The summed E-state index contributed by atoms with van der Waals surface area (Å²) in [4.78, 5) is 2.50. The molecule has 20 heavy (non-hydrogen) atoms. The number of phenolic OH excluding ortho intramolecular Hbond substituents is 1. The van der Waals surface area contributed by atoms with Crippen LogP contribution >= 0.6 is 0 Å². The molecule has 0 bridgehead atoms. The largest absolute Gasteiger partial charge is 0.504 e. The highest BCUT2D eigenvalue weighted by molar-refractivity contribution is 5.47. The first-order valence-corrected chi connectivity index (χ1v) is 7.60. The quantitative estimate of drug-likeness (QED) is 0.865. The van der Waals surface area contributed by atoms with E-state index in [2.05, 4.69) is 10.2 Å². The van der Waals surface area contributed by atoms with E-state index < -0.39 is 0 Å². The Morgan fingerprint density at radius 3 is 2.75 bits per heavy atom. The predicted molar refractivity (Wildman–Crippen MR) is 79.2 cm³/mol. The molecule has 0 spiro atoms. The van der Waals surface area contributed by atoms with E-state index in [1.54, 1.807) is 7.11 Å². The molecule has 2 N–H and O–H groups in total. The molecule has 1 aromatic rings. The molecule has 1 aliphatic carbocycles. The van der Waals surface area contributed by atoms with Crippen molar-refractivity contribution in [1.29, 1.82) is 0 Å². The van der Waals surface area contributed by atoms with Gasteiger partial charge in [0.05, 0.1) is 7.11 Å². The Morgan fingerprint density at radius 2 is 2.10 bits per heavy atom. The zero-order valence-corrected chi connectivity index (χ0v) is 12.1. The molecule has 1 atom stereocenters. The number of methoxy groups -OCH3 is 1. The van der Waals surface area contributed by atoms with Crippen LogP contribution in [0.2, 0.25) is 0 Å². The number of hydrogen-bond acceptors (Lipinski definition) is 4. The van der Waals surface area contributed by atoms with E-state index in [4.69, 9.17) is 4.74 Å².